The molecule has 0 radical (unpaired) electrons. The first-order chi connectivity index (χ1) is 7.14. The van der Waals surface area contributed by atoms with E-state index in [1.54, 1.807) is 0 Å². The first-order valence-electron chi connectivity index (χ1n) is 6.29. The van der Waals surface area contributed by atoms with Crippen molar-refractivity contribution in [2.24, 2.45) is 11.7 Å². The molecule has 3 heteroatoms. The fourth-order valence-electron chi connectivity index (χ4n) is 2.83. The van der Waals surface area contributed by atoms with E-state index in [1.165, 1.54) is 0 Å². The van der Waals surface area contributed by atoms with Crippen LogP contribution in [-0.4, -0.2) is 29.8 Å². The lowest BCUT2D eigenvalue weighted by atomic mass is 9.78. The van der Waals surface area contributed by atoms with Crippen molar-refractivity contribution in [1.29, 1.82) is 0 Å². The Morgan fingerprint density at radius 3 is 2.12 bits per heavy atom. The fraction of sp³-hybridized carbons (Fsp3) is 1.00. The van der Waals surface area contributed by atoms with Crippen molar-refractivity contribution < 1.29 is 4.74 Å². The van der Waals surface area contributed by atoms with Gasteiger partial charge in [-0.25, -0.2) is 0 Å². The zero-order valence-corrected chi connectivity index (χ0v) is 11.7. The van der Waals surface area contributed by atoms with E-state index in [-0.39, 0.29) is 16.7 Å². The van der Waals surface area contributed by atoms with Gasteiger partial charge in [-0.3, -0.25) is 0 Å². The molecule has 1 rings (SSSR count). The van der Waals surface area contributed by atoms with Gasteiger partial charge < -0.3 is 15.8 Å². The summed E-state index contributed by atoms with van der Waals surface area (Å²) in [5.74, 6) is 0.628. The molecule has 0 amide bonds. The van der Waals surface area contributed by atoms with E-state index in [0.717, 1.165) is 13.0 Å². The molecule has 0 aromatic heterocycles. The average Bonchev–Trinajstić information content (AvgIpc) is 2.27. The van der Waals surface area contributed by atoms with Crippen molar-refractivity contribution in [3.8, 4) is 0 Å². The normalized spacial score (nSPS) is 32.2. The minimum absolute atomic E-state index is 0.0904. The van der Waals surface area contributed by atoms with Gasteiger partial charge in [0.15, 0.2) is 0 Å². The van der Waals surface area contributed by atoms with Crippen LogP contribution in [0.15, 0.2) is 0 Å². The SMILES string of the molecule is CC(C)CNC1(CN)CC(C)(C)OC1(C)C. The second-order valence-corrected chi connectivity index (χ2v) is 6.61. The molecule has 0 aliphatic carbocycles. The Kier molecular flexibility index (Phi) is 3.73. The highest BCUT2D eigenvalue weighted by atomic mass is 16.5. The lowest BCUT2D eigenvalue weighted by molar-refractivity contribution is -0.0822. The maximum absolute atomic E-state index is 6.13. The zero-order valence-electron chi connectivity index (χ0n) is 11.7. The summed E-state index contributed by atoms with van der Waals surface area (Å²) in [6, 6.07) is 0. The topological polar surface area (TPSA) is 47.3 Å². The summed E-state index contributed by atoms with van der Waals surface area (Å²) in [5.41, 5.74) is 5.61. The first kappa shape index (κ1) is 13.9. The average molecular weight is 228 g/mol. The van der Waals surface area contributed by atoms with E-state index in [4.69, 9.17) is 10.5 Å². The van der Waals surface area contributed by atoms with Crippen LogP contribution in [0.3, 0.4) is 0 Å². The largest absolute Gasteiger partial charge is 0.368 e. The summed E-state index contributed by atoms with van der Waals surface area (Å²) < 4.78 is 6.13. The molecule has 16 heavy (non-hydrogen) atoms. The minimum atomic E-state index is -0.208. The number of nitrogens with two attached hydrogens (primary N) is 1. The van der Waals surface area contributed by atoms with Crippen molar-refractivity contribution in [3.63, 3.8) is 0 Å². The van der Waals surface area contributed by atoms with Crippen LogP contribution in [0.25, 0.3) is 0 Å². The number of ether oxygens (including phenoxy) is 1. The standard InChI is InChI=1S/C13H28N2O/c1-10(2)7-15-13(9-14)8-11(3,4)16-12(13,5)6/h10,15H,7-9,14H2,1-6H3. The van der Waals surface area contributed by atoms with Crippen LogP contribution >= 0.6 is 0 Å². The maximum atomic E-state index is 6.13. The van der Waals surface area contributed by atoms with Crippen LogP contribution in [-0.2, 0) is 4.74 Å². The molecule has 0 saturated carbocycles. The van der Waals surface area contributed by atoms with Crippen LogP contribution in [0.4, 0.5) is 0 Å². The van der Waals surface area contributed by atoms with Gasteiger partial charge in [0, 0.05) is 6.54 Å². The van der Waals surface area contributed by atoms with Crippen LogP contribution < -0.4 is 11.1 Å². The summed E-state index contributed by atoms with van der Waals surface area (Å²) in [6.45, 7) is 14.6. The molecule has 1 aliphatic heterocycles. The van der Waals surface area contributed by atoms with Gasteiger partial charge in [-0.15, -0.1) is 0 Å². The van der Waals surface area contributed by atoms with Crippen LogP contribution in [0.5, 0.6) is 0 Å². The molecular weight excluding hydrogens is 200 g/mol. The smallest absolute Gasteiger partial charge is 0.0827 e. The summed E-state index contributed by atoms with van der Waals surface area (Å²) in [6.07, 6.45) is 0.968. The van der Waals surface area contributed by atoms with Gasteiger partial charge in [0.1, 0.15) is 0 Å². The molecule has 0 aromatic rings. The lowest BCUT2D eigenvalue weighted by Crippen LogP contribution is -2.62. The van der Waals surface area contributed by atoms with Gasteiger partial charge in [-0.2, -0.15) is 0 Å². The van der Waals surface area contributed by atoms with Gasteiger partial charge in [-0.05, 0) is 46.6 Å². The van der Waals surface area contributed by atoms with Gasteiger partial charge in [0.2, 0.25) is 0 Å². The van der Waals surface area contributed by atoms with E-state index in [2.05, 4.69) is 46.9 Å². The number of hydrogen-bond donors (Lipinski definition) is 2. The van der Waals surface area contributed by atoms with E-state index in [1.807, 2.05) is 0 Å². The summed E-state index contributed by atoms with van der Waals surface area (Å²) in [4.78, 5) is 0. The van der Waals surface area contributed by atoms with Crippen LogP contribution in [0.1, 0.15) is 48.0 Å². The zero-order chi connectivity index (χ0) is 12.6. The molecule has 0 bridgehead atoms. The second-order valence-electron chi connectivity index (χ2n) is 6.61. The van der Waals surface area contributed by atoms with E-state index in [0.29, 0.717) is 12.5 Å². The van der Waals surface area contributed by atoms with Crippen molar-refractivity contribution >= 4 is 0 Å². The van der Waals surface area contributed by atoms with E-state index in [9.17, 15) is 0 Å². The quantitative estimate of drug-likeness (QED) is 0.772. The summed E-state index contributed by atoms with van der Waals surface area (Å²) in [5, 5.41) is 3.64. The molecule has 0 spiro atoms. The second kappa shape index (κ2) is 4.28. The van der Waals surface area contributed by atoms with Gasteiger partial charge in [0.05, 0.1) is 16.7 Å². The Hall–Kier alpha value is -0.120. The molecule has 1 unspecified atom stereocenters. The third kappa shape index (κ3) is 2.58. The number of nitrogens with one attached hydrogen (secondary N) is 1. The molecule has 3 nitrogen and oxygen atoms in total. The Balaban J connectivity index is 2.86. The molecule has 1 aliphatic rings. The van der Waals surface area contributed by atoms with Crippen molar-refractivity contribution in [2.75, 3.05) is 13.1 Å². The molecule has 96 valence electrons. The van der Waals surface area contributed by atoms with Crippen molar-refractivity contribution in [3.05, 3.63) is 0 Å². The van der Waals surface area contributed by atoms with Gasteiger partial charge >= 0.3 is 0 Å². The molecule has 1 fully saturated rings. The molecule has 1 heterocycles. The highest BCUT2D eigenvalue weighted by Gasteiger charge is 2.56. The summed E-state index contributed by atoms with van der Waals surface area (Å²) >= 11 is 0. The molecule has 0 aromatic carbocycles. The predicted octanol–water partition coefficient (Wildman–Crippen LogP) is 1.91. The first-order valence-corrected chi connectivity index (χ1v) is 6.29. The number of rotatable bonds is 4. The minimum Gasteiger partial charge on any atom is -0.368 e. The Morgan fingerprint density at radius 2 is 1.81 bits per heavy atom. The Bertz CT molecular complexity index is 248. The van der Waals surface area contributed by atoms with Crippen molar-refractivity contribution in [1.82, 2.24) is 5.32 Å². The Labute approximate surface area is 100 Å². The third-order valence-electron chi connectivity index (χ3n) is 3.61. The molecular formula is C13H28N2O. The third-order valence-corrected chi connectivity index (χ3v) is 3.61. The highest BCUT2D eigenvalue weighted by Crippen LogP contribution is 2.44. The maximum Gasteiger partial charge on any atom is 0.0827 e. The summed E-state index contributed by atoms with van der Waals surface area (Å²) in [7, 11) is 0. The molecule has 1 saturated heterocycles. The highest BCUT2D eigenvalue weighted by molar-refractivity contribution is 5.12. The lowest BCUT2D eigenvalue weighted by Gasteiger charge is -2.40. The predicted molar refractivity (Wildman–Crippen MR) is 68.5 cm³/mol. The van der Waals surface area contributed by atoms with Gasteiger partial charge in [0.25, 0.3) is 0 Å². The van der Waals surface area contributed by atoms with E-state index >= 15 is 0 Å². The van der Waals surface area contributed by atoms with Gasteiger partial charge in [-0.1, -0.05) is 13.8 Å². The monoisotopic (exact) mass is 228 g/mol. The molecule has 1 atom stereocenters. The molecule has 3 N–H and O–H groups in total. The van der Waals surface area contributed by atoms with Crippen LogP contribution in [0.2, 0.25) is 0 Å². The number of hydrogen-bond acceptors (Lipinski definition) is 3. The van der Waals surface area contributed by atoms with Crippen LogP contribution in [0, 0.1) is 5.92 Å². The van der Waals surface area contributed by atoms with E-state index < -0.39 is 0 Å². The van der Waals surface area contributed by atoms with Crippen molar-refractivity contribution in [2.45, 2.75) is 64.7 Å². The fourth-order valence-corrected chi connectivity index (χ4v) is 2.83. The Morgan fingerprint density at radius 1 is 1.25 bits per heavy atom.